The van der Waals surface area contributed by atoms with Crippen LogP contribution >= 0.6 is 0 Å². The molecule has 3 aliphatic heterocycles. The lowest BCUT2D eigenvalue weighted by Gasteiger charge is -2.33. The second-order valence-corrected chi connectivity index (χ2v) is 6.97. The van der Waals surface area contributed by atoms with Crippen molar-refractivity contribution in [1.29, 1.82) is 0 Å². The van der Waals surface area contributed by atoms with Crippen molar-refractivity contribution >= 4 is 17.6 Å². The molecule has 3 amide bonds. The Balaban J connectivity index is 1.38. The summed E-state index contributed by atoms with van der Waals surface area (Å²) in [4.78, 5) is 30.6. The molecule has 1 aromatic carbocycles. The van der Waals surface area contributed by atoms with Gasteiger partial charge < -0.3 is 29.5 Å². The summed E-state index contributed by atoms with van der Waals surface area (Å²) in [5.74, 6) is 1.36. The molecular formula is C18H24N4O4. The monoisotopic (exact) mass is 360 g/mol. The standard InChI is InChI=1S/C18H24N4O4/c1-20-4-6-21(7-5-20)18(24)19-13-10-17(23)22(12-13)14-2-3-15-16(11-14)26-9-8-25-15/h2-3,11,13H,4-10,12H2,1H3,(H,19,24). The SMILES string of the molecule is CN1CCN(C(=O)NC2CC(=O)N(c3ccc4c(c3)OCCO4)C2)CC1. The molecule has 3 aliphatic rings. The van der Waals surface area contributed by atoms with Crippen molar-refractivity contribution < 1.29 is 19.1 Å². The second-order valence-electron chi connectivity index (χ2n) is 6.97. The van der Waals surface area contributed by atoms with E-state index in [2.05, 4.69) is 17.3 Å². The summed E-state index contributed by atoms with van der Waals surface area (Å²) in [5.41, 5.74) is 0.774. The maximum absolute atomic E-state index is 12.4. The van der Waals surface area contributed by atoms with Gasteiger partial charge in [0.25, 0.3) is 0 Å². The molecule has 2 saturated heterocycles. The predicted octanol–water partition coefficient (Wildman–Crippen LogP) is 0.520. The predicted molar refractivity (Wildman–Crippen MR) is 95.8 cm³/mol. The van der Waals surface area contributed by atoms with Crippen molar-refractivity contribution in [3.63, 3.8) is 0 Å². The maximum Gasteiger partial charge on any atom is 0.317 e. The number of urea groups is 1. The van der Waals surface area contributed by atoms with Gasteiger partial charge in [-0.1, -0.05) is 0 Å². The van der Waals surface area contributed by atoms with Gasteiger partial charge in [-0.15, -0.1) is 0 Å². The fourth-order valence-corrected chi connectivity index (χ4v) is 3.53. The van der Waals surface area contributed by atoms with Crippen LogP contribution in [0.25, 0.3) is 0 Å². The highest BCUT2D eigenvalue weighted by molar-refractivity contribution is 5.97. The molecule has 1 aromatic rings. The third-order valence-corrected chi connectivity index (χ3v) is 5.08. The lowest BCUT2D eigenvalue weighted by atomic mass is 10.2. The van der Waals surface area contributed by atoms with Crippen LogP contribution in [0.3, 0.4) is 0 Å². The zero-order valence-corrected chi connectivity index (χ0v) is 14.9. The minimum absolute atomic E-state index is 0.00496. The molecule has 0 bridgehead atoms. The van der Waals surface area contributed by atoms with Gasteiger partial charge >= 0.3 is 6.03 Å². The average Bonchev–Trinajstić information content (AvgIpc) is 3.02. The van der Waals surface area contributed by atoms with Crippen molar-refractivity contribution in [2.24, 2.45) is 0 Å². The molecule has 8 nitrogen and oxygen atoms in total. The molecule has 0 spiro atoms. The molecule has 140 valence electrons. The second kappa shape index (κ2) is 7.03. The first-order chi connectivity index (χ1) is 12.6. The fourth-order valence-electron chi connectivity index (χ4n) is 3.53. The van der Waals surface area contributed by atoms with Crippen molar-refractivity contribution in [3.05, 3.63) is 18.2 Å². The van der Waals surface area contributed by atoms with Gasteiger partial charge in [-0.3, -0.25) is 4.79 Å². The Kier molecular flexibility index (Phi) is 4.58. The molecular weight excluding hydrogens is 336 g/mol. The summed E-state index contributed by atoms with van der Waals surface area (Å²) in [6, 6.07) is 5.25. The van der Waals surface area contributed by atoms with Crippen LogP contribution in [0.4, 0.5) is 10.5 Å². The van der Waals surface area contributed by atoms with Gasteiger partial charge in [0.1, 0.15) is 13.2 Å². The third-order valence-electron chi connectivity index (χ3n) is 5.08. The van der Waals surface area contributed by atoms with E-state index in [0.717, 1.165) is 31.9 Å². The number of carbonyl (C=O) groups excluding carboxylic acids is 2. The van der Waals surface area contributed by atoms with Crippen molar-refractivity contribution in [1.82, 2.24) is 15.1 Å². The number of benzene rings is 1. The molecule has 1 unspecified atom stereocenters. The zero-order valence-electron chi connectivity index (χ0n) is 14.9. The number of fused-ring (bicyclic) bond motifs is 1. The molecule has 1 atom stereocenters. The van der Waals surface area contributed by atoms with E-state index in [4.69, 9.17) is 9.47 Å². The minimum Gasteiger partial charge on any atom is -0.486 e. The van der Waals surface area contributed by atoms with Gasteiger partial charge in [0.2, 0.25) is 5.91 Å². The van der Waals surface area contributed by atoms with E-state index in [1.54, 1.807) is 4.90 Å². The number of carbonyl (C=O) groups is 2. The highest BCUT2D eigenvalue weighted by Crippen LogP contribution is 2.35. The van der Waals surface area contributed by atoms with Crippen LogP contribution in [0.5, 0.6) is 11.5 Å². The van der Waals surface area contributed by atoms with Crippen LogP contribution in [0.1, 0.15) is 6.42 Å². The zero-order chi connectivity index (χ0) is 18.1. The molecule has 3 heterocycles. The smallest absolute Gasteiger partial charge is 0.317 e. The van der Waals surface area contributed by atoms with Crippen LogP contribution in [0.15, 0.2) is 18.2 Å². The third kappa shape index (κ3) is 3.41. The van der Waals surface area contributed by atoms with E-state index < -0.39 is 0 Å². The van der Waals surface area contributed by atoms with E-state index in [1.165, 1.54) is 0 Å². The van der Waals surface area contributed by atoms with Crippen LogP contribution in [-0.2, 0) is 4.79 Å². The number of ether oxygens (including phenoxy) is 2. The summed E-state index contributed by atoms with van der Waals surface area (Å²) >= 11 is 0. The number of nitrogens with zero attached hydrogens (tertiary/aromatic N) is 3. The topological polar surface area (TPSA) is 74.4 Å². The lowest BCUT2D eigenvalue weighted by molar-refractivity contribution is -0.117. The molecule has 0 aromatic heterocycles. The molecule has 26 heavy (non-hydrogen) atoms. The Morgan fingerprint density at radius 3 is 2.62 bits per heavy atom. The average molecular weight is 360 g/mol. The maximum atomic E-state index is 12.4. The summed E-state index contributed by atoms with van der Waals surface area (Å²) in [6.07, 6.45) is 0.313. The molecule has 2 fully saturated rings. The van der Waals surface area contributed by atoms with Gasteiger partial charge in [0.15, 0.2) is 11.5 Å². The fraction of sp³-hybridized carbons (Fsp3) is 0.556. The number of hydrogen-bond acceptors (Lipinski definition) is 5. The Morgan fingerprint density at radius 2 is 1.85 bits per heavy atom. The van der Waals surface area contributed by atoms with Crippen molar-refractivity contribution in [3.8, 4) is 11.5 Å². The highest BCUT2D eigenvalue weighted by atomic mass is 16.6. The summed E-state index contributed by atoms with van der Waals surface area (Å²) in [7, 11) is 2.05. The Morgan fingerprint density at radius 1 is 1.12 bits per heavy atom. The van der Waals surface area contributed by atoms with Crippen LogP contribution in [-0.4, -0.2) is 80.8 Å². The molecule has 8 heteroatoms. The molecule has 4 rings (SSSR count). The minimum atomic E-state index is -0.178. The number of amides is 3. The van der Waals surface area contributed by atoms with Crippen LogP contribution < -0.4 is 19.7 Å². The molecule has 0 aliphatic carbocycles. The van der Waals surface area contributed by atoms with E-state index in [9.17, 15) is 9.59 Å². The number of anilines is 1. The summed E-state index contributed by atoms with van der Waals surface area (Å²) in [5, 5.41) is 3.01. The highest BCUT2D eigenvalue weighted by Gasteiger charge is 2.33. The van der Waals surface area contributed by atoms with Gasteiger partial charge in [-0.05, 0) is 19.2 Å². The summed E-state index contributed by atoms with van der Waals surface area (Å²) in [6.45, 7) is 4.70. The largest absolute Gasteiger partial charge is 0.486 e. The number of rotatable bonds is 2. The molecule has 1 N–H and O–H groups in total. The first-order valence-corrected chi connectivity index (χ1v) is 9.04. The van der Waals surface area contributed by atoms with Crippen LogP contribution in [0.2, 0.25) is 0 Å². The van der Waals surface area contributed by atoms with E-state index in [0.29, 0.717) is 37.7 Å². The van der Waals surface area contributed by atoms with Gasteiger partial charge in [-0.2, -0.15) is 0 Å². The number of nitrogens with one attached hydrogen (secondary N) is 1. The van der Waals surface area contributed by atoms with Gasteiger partial charge in [-0.25, -0.2) is 4.79 Å². The van der Waals surface area contributed by atoms with Gasteiger partial charge in [0.05, 0.1) is 6.04 Å². The normalized spacial score (nSPS) is 23.3. The number of piperazine rings is 1. The van der Waals surface area contributed by atoms with Crippen LogP contribution in [0, 0.1) is 0 Å². The van der Waals surface area contributed by atoms with Crippen molar-refractivity contribution in [2.75, 3.05) is 57.9 Å². The van der Waals surface area contributed by atoms with E-state index >= 15 is 0 Å². The number of likely N-dealkylation sites (N-methyl/N-ethyl adjacent to an activating group) is 1. The van der Waals surface area contributed by atoms with Crippen molar-refractivity contribution in [2.45, 2.75) is 12.5 Å². The lowest BCUT2D eigenvalue weighted by Crippen LogP contribution is -2.52. The molecule has 0 radical (unpaired) electrons. The van der Waals surface area contributed by atoms with E-state index in [-0.39, 0.29) is 18.0 Å². The first kappa shape index (κ1) is 17.0. The Hall–Kier alpha value is -2.48. The van der Waals surface area contributed by atoms with Gasteiger partial charge in [0, 0.05) is 50.9 Å². The Bertz CT molecular complexity index is 702. The summed E-state index contributed by atoms with van der Waals surface area (Å²) < 4.78 is 11.1. The molecule has 0 saturated carbocycles. The quantitative estimate of drug-likeness (QED) is 0.832. The van der Waals surface area contributed by atoms with E-state index in [1.807, 2.05) is 23.1 Å². The first-order valence-electron chi connectivity index (χ1n) is 9.04. The Labute approximate surface area is 152 Å². The number of hydrogen-bond donors (Lipinski definition) is 1.